The van der Waals surface area contributed by atoms with Crippen molar-refractivity contribution in [2.45, 2.75) is 117 Å². The van der Waals surface area contributed by atoms with E-state index < -0.39 is 116 Å². The molecule has 0 aliphatic heterocycles. The van der Waals surface area contributed by atoms with Crippen LogP contribution in [0.5, 0.6) is 0 Å². The third-order valence-corrected chi connectivity index (χ3v) is 6.32. The van der Waals surface area contributed by atoms with Crippen molar-refractivity contribution in [3.8, 4) is 0 Å². The fourth-order valence-electron chi connectivity index (χ4n) is 3.45. The van der Waals surface area contributed by atoms with E-state index in [1.807, 2.05) is 0 Å². The van der Waals surface area contributed by atoms with Gasteiger partial charge in [0.2, 0.25) is 0 Å². The van der Waals surface area contributed by atoms with Gasteiger partial charge in [0.1, 0.15) is 104 Å². The molecule has 236 valence electrons. The van der Waals surface area contributed by atoms with Gasteiger partial charge < -0.3 is 97.0 Å². The zero-order chi connectivity index (χ0) is 31.1. The van der Waals surface area contributed by atoms with Gasteiger partial charge in [-0.05, 0) is 6.92 Å². The summed E-state index contributed by atoms with van der Waals surface area (Å²) in [5.41, 5.74) is 0. The molecule has 0 bridgehead atoms. The van der Waals surface area contributed by atoms with Gasteiger partial charge in [-0.3, -0.25) is 0 Å². The van der Waals surface area contributed by atoms with Gasteiger partial charge in [0, 0.05) is 0 Å². The lowest BCUT2D eigenvalue weighted by atomic mass is 9.87. The van der Waals surface area contributed by atoms with Crippen molar-refractivity contribution >= 4 is 0 Å². The third-order valence-electron chi connectivity index (χ3n) is 6.32. The van der Waals surface area contributed by atoms with E-state index in [1.54, 1.807) is 0 Å². The van der Waals surface area contributed by atoms with Crippen LogP contribution in [0.4, 0.5) is 0 Å². The molecule has 0 amide bonds. The number of rotatable bonds is 18. The summed E-state index contributed by atoms with van der Waals surface area (Å²) < 4.78 is 0. The molecule has 19 nitrogen and oxygen atoms in total. The molecule has 0 saturated heterocycles. The van der Waals surface area contributed by atoms with E-state index in [4.69, 9.17) is 5.11 Å². The smallest absolute Gasteiger partial charge is 0.111 e. The molecule has 0 aromatic heterocycles. The largest absolute Gasteiger partial charge is 0.394 e. The Balaban J connectivity index is 5.38. The van der Waals surface area contributed by atoms with Crippen LogP contribution in [0.15, 0.2) is 0 Å². The molecule has 0 rings (SSSR count). The molecule has 0 aliphatic carbocycles. The minimum atomic E-state index is -2.72. The minimum absolute atomic E-state index is 1.00. The molecule has 0 fully saturated rings. The van der Waals surface area contributed by atoms with Crippen molar-refractivity contribution < 1.29 is 97.0 Å². The van der Waals surface area contributed by atoms with Crippen molar-refractivity contribution in [1.82, 2.24) is 0 Å². The van der Waals surface area contributed by atoms with Crippen LogP contribution < -0.4 is 0 Å². The van der Waals surface area contributed by atoms with Crippen LogP contribution in [-0.2, 0) is 0 Å². The number of hydrogen-bond donors (Lipinski definition) is 19. The van der Waals surface area contributed by atoms with Crippen molar-refractivity contribution in [2.75, 3.05) is 6.61 Å². The van der Waals surface area contributed by atoms with Gasteiger partial charge in [-0.2, -0.15) is 0 Å². The van der Waals surface area contributed by atoms with Gasteiger partial charge >= 0.3 is 0 Å². The predicted octanol–water partition coefficient (Wildman–Crippen LogP) is -11.5. The average molecular weight is 587 g/mol. The Morgan fingerprint density at radius 3 is 0.590 bits per heavy atom. The lowest BCUT2D eigenvalue weighted by molar-refractivity contribution is -0.211. The van der Waals surface area contributed by atoms with Crippen molar-refractivity contribution in [1.29, 1.82) is 0 Å². The maximum Gasteiger partial charge on any atom is 0.111 e. The summed E-state index contributed by atoms with van der Waals surface area (Å²) in [5, 5.41) is 186. The molecule has 19 heteroatoms. The van der Waals surface area contributed by atoms with Crippen molar-refractivity contribution in [2.24, 2.45) is 0 Å². The second kappa shape index (κ2) is 16.6. The van der Waals surface area contributed by atoms with Crippen LogP contribution in [0.2, 0.25) is 0 Å². The topological polar surface area (TPSA) is 384 Å². The zero-order valence-corrected chi connectivity index (χ0v) is 20.6. The van der Waals surface area contributed by atoms with Crippen LogP contribution in [0.3, 0.4) is 0 Å². The zero-order valence-electron chi connectivity index (χ0n) is 20.6. The van der Waals surface area contributed by atoms with E-state index in [2.05, 4.69) is 0 Å². The van der Waals surface area contributed by atoms with Gasteiger partial charge in [0.25, 0.3) is 0 Å². The highest BCUT2D eigenvalue weighted by Gasteiger charge is 2.47. The maximum atomic E-state index is 10.1. The highest BCUT2D eigenvalue weighted by atomic mass is 16.4. The van der Waals surface area contributed by atoms with Gasteiger partial charge in [-0.1, -0.05) is 0 Å². The van der Waals surface area contributed by atoms with E-state index in [0.29, 0.717) is 0 Å². The molecule has 0 aromatic carbocycles. The monoisotopic (exact) mass is 586 g/mol. The first-order valence-corrected chi connectivity index (χ1v) is 11.6. The molecular weight excluding hydrogens is 544 g/mol. The average Bonchev–Trinajstić information content (AvgIpc) is 2.93. The van der Waals surface area contributed by atoms with E-state index in [0.717, 1.165) is 6.92 Å². The van der Waals surface area contributed by atoms with Crippen molar-refractivity contribution in [3.05, 3.63) is 0 Å². The van der Waals surface area contributed by atoms with Gasteiger partial charge in [-0.25, -0.2) is 0 Å². The molecule has 0 heterocycles. The van der Waals surface area contributed by atoms with E-state index >= 15 is 0 Å². The fraction of sp³-hybridized carbons (Fsp3) is 1.00. The summed E-state index contributed by atoms with van der Waals surface area (Å²) in [6.07, 6.45) is -44.1. The molecule has 0 radical (unpaired) electrons. The molecule has 19 N–H and O–H groups in total. The molecule has 18 unspecified atom stereocenters. The Morgan fingerprint density at radius 1 is 0.282 bits per heavy atom. The molecule has 0 spiro atoms. The predicted molar refractivity (Wildman–Crippen MR) is 121 cm³/mol. The fourth-order valence-corrected chi connectivity index (χ4v) is 3.45. The lowest BCUT2D eigenvalue weighted by Gasteiger charge is -2.37. The second-order valence-corrected chi connectivity index (χ2v) is 9.34. The van der Waals surface area contributed by atoms with Crippen LogP contribution in [0.1, 0.15) is 6.92 Å². The van der Waals surface area contributed by atoms with Crippen LogP contribution in [0.25, 0.3) is 0 Å². The van der Waals surface area contributed by atoms with Gasteiger partial charge in [-0.15, -0.1) is 0 Å². The van der Waals surface area contributed by atoms with Crippen LogP contribution in [0, 0.1) is 0 Å². The maximum absolute atomic E-state index is 10.1. The highest BCUT2D eigenvalue weighted by molar-refractivity contribution is 4.97. The standard InChI is InChI=1S/C20H42O19/c1-3(22)5(24)7(26)9(28)11(30)13(32)15(34)17(36)19(38)20(39)18(37)16(35)14(33)12(31)10(29)8(27)6(25)4(23)2-21/h3-39H,2H2,1H3. The second-order valence-electron chi connectivity index (χ2n) is 9.34. The Bertz CT molecular complexity index is 673. The summed E-state index contributed by atoms with van der Waals surface area (Å²) in [6, 6.07) is 0. The van der Waals surface area contributed by atoms with Gasteiger partial charge in [0.05, 0.1) is 12.7 Å². The Kier molecular flexibility index (Phi) is 16.3. The first-order valence-electron chi connectivity index (χ1n) is 11.6. The molecule has 39 heavy (non-hydrogen) atoms. The third kappa shape index (κ3) is 9.65. The molecule has 0 aromatic rings. The molecule has 18 atom stereocenters. The highest BCUT2D eigenvalue weighted by Crippen LogP contribution is 2.20. The first-order chi connectivity index (χ1) is 17.8. The van der Waals surface area contributed by atoms with Crippen molar-refractivity contribution in [3.63, 3.8) is 0 Å². The summed E-state index contributed by atoms with van der Waals surface area (Å²) in [4.78, 5) is 0. The number of aliphatic hydroxyl groups is 19. The Morgan fingerprint density at radius 2 is 0.436 bits per heavy atom. The van der Waals surface area contributed by atoms with E-state index in [-0.39, 0.29) is 0 Å². The molecule has 0 aliphatic rings. The summed E-state index contributed by atoms with van der Waals surface area (Å²) >= 11 is 0. The Labute approximate surface area is 221 Å². The van der Waals surface area contributed by atoms with E-state index in [9.17, 15) is 91.9 Å². The molecule has 0 saturated carbocycles. The summed E-state index contributed by atoms with van der Waals surface area (Å²) in [6.45, 7) is -0.0817. The number of aliphatic hydroxyl groups excluding tert-OH is 19. The quantitative estimate of drug-likeness (QED) is 0.0708. The van der Waals surface area contributed by atoms with Crippen LogP contribution in [-0.4, -0.2) is 214 Å². The first kappa shape index (κ1) is 38.2. The lowest BCUT2D eigenvalue weighted by Crippen LogP contribution is -2.61. The van der Waals surface area contributed by atoms with Crippen LogP contribution >= 0.6 is 0 Å². The summed E-state index contributed by atoms with van der Waals surface area (Å²) in [5.74, 6) is 0. The normalized spacial score (nSPS) is 26.8. The SMILES string of the molecule is CC(O)C(O)C(O)C(O)C(O)C(O)C(O)C(O)C(O)C(O)C(O)C(O)C(O)C(O)C(O)C(O)C(O)C(O)CO. The van der Waals surface area contributed by atoms with E-state index in [1.165, 1.54) is 0 Å². The summed E-state index contributed by atoms with van der Waals surface area (Å²) in [7, 11) is 0. The Hall–Kier alpha value is -0.760. The molecular formula is C20H42O19. The van der Waals surface area contributed by atoms with Gasteiger partial charge in [0.15, 0.2) is 0 Å². The minimum Gasteiger partial charge on any atom is -0.394 e. The number of hydrogen-bond acceptors (Lipinski definition) is 19.